The number of hydrogen-bond acceptors (Lipinski definition) is 4. The minimum absolute atomic E-state index is 0.246. The molecule has 94 valence electrons. The van der Waals surface area contributed by atoms with Crippen LogP contribution < -0.4 is 5.73 Å². The number of ether oxygens (including phenoxy) is 1. The van der Waals surface area contributed by atoms with Gasteiger partial charge in [0.1, 0.15) is 12.6 Å². The summed E-state index contributed by atoms with van der Waals surface area (Å²) in [5, 5.41) is 0. The zero-order valence-electron chi connectivity index (χ0n) is 9.87. The number of aromatic amines is 1. The number of carbonyl (C=O) groups is 1. The van der Waals surface area contributed by atoms with Gasteiger partial charge in [0, 0.05) is 18.3 Å². The fourth-order valence-corrected chi connectivity index (χ4v) is 1.55. The zero-order chi connectivity index (χ0) is 12.8. The molecule has 0 aliphatic carbocycles. The quantitative estimate of drug-likeness (QED) is 0.771. The molecule has 3 N–H and O–H groups in total. The summed E-state index contributed by atoms with van der Waals surface area (Å²) in [6.07, 6.45) is 3.59. The van der Waals surface area contributed by atoms with E-state index in [4.69, 9.17) is 10.5 Å². The molecule has 1 heterocycles. The van der Waals surface area contributed by atoms with Gasteiger partial charge < -0.3 is 15.5 Å². The van der Waals surface area contributed by atoms with E-state index in [-0.39, 0.29) is 6.61 Å². The molecule has 0 aliphatic rings. The molecule has 5 nitrogen and oxygen atoms in total. The topological polar surface area (TPSA) is 81.0 Å². The standard InChI is InChI=1S/C13H15N3O2/c14-12(6-11-7-15-9-16-11)13(17)18-8-10-4-2-1-3-5-10/h1-5,7,9,12H,6,8,14H2,(H,15,16). The van der Waals surface area contributed by atoms with Crippen molar-refractivity contribution in [3.05, 3.63) is 54.1 Å². The van der Waals surface area contributed by atoms with Gasteiger partial charge in [-0.15, -0.1) is 0 Å². The maximum Gasteiger partial charge on any atom is 0.323 e. The summed E-state index contributed by atoms with van der Waals surface area (Å²) >= 11 is 0. The fourth-order valence-electron chi connectivity index (χ4n) is 1.55. The SMILES string of the molecule is NC(Cc1cnc[nH]1)C(=O)OCc1ccccc1. The highest BCUT2D eigenvalue weighted by Crippen LogP contribution is 2.03. The normalized spacial score (nSPS) is 12.1. The van der Waals surface area contributed by atoms with Crippen LogP contribution in [0.1, 0.15) is 11.3 Å². The number of benzene rings is 1. The molecule has 1 aromatic carbocycles. The molecule has 1 aromatic heterocycles. The summed E-state index contributed by atoms with van der Waals surface area (Å²) in [6, 6.07) is 8.83. The van der Waals surface area contributed by atoms with Crippen LogP contribution in [0.15, 0.2) is 42.9 Å². The van der Waals surface area contributed by atoms with Gasteiger partial charge in [0.2, 0.25) is 0 Å². The largest absolute Gasteiger partial charge is 0.460 e. The highest BCUT2D eigenvalue weighted by Gasteiger charge is 2.16. The molecule has 0 spiro atoms. The number of nitrogens with zero attached hydrogens (tertiary/aromatic N) is 1. The molecule has 0 radical (unpaired) electrons. The number of hydrogen-bond donors (Lipinski definition) is 2. The number of H-pyrrole nitrogens is 1. The lowest BCUT2D eigenvalue weighted by atomic mass is 10.2. The predicted molar refractivity (Wildman–Crippen MR) is 66.5 cm³/mol. The summed E-state index contributed by atoms with van der Waals surface area (Å²) in [7, 11) is 0. The molecular weight excluding hydrogens is 230 g/mol. The van der Waals surface area contributed by atoms with Crippen LogP contribution in [0.3, 0.4) is 0 Å². The Bertz CT molecular complexity index is 482. The average molecular weight is 245 g/mol. The zero-order valence-corrected chi connectivity index (χ0v) is 9.87. The number of esters is 1. The number of nitrogens with one attached hydrogen (secondary N) is 1. The van der Waals surface area contributed by atoms with Crippen molar-refractivity contribution in [3.63, 3.8) is 0 Å². The molecule has 0 saturated heterocycles. The van der Waals surface area contributed by atoms with E-state index in [0.717, 1.165) is 11.3 Å². The second-order valence-electron chi connectivity index (χ2n) is 3.98. The number of aromatic nitrogens is 2. The van der Waals surface area contributed by atoms with Crippen molar-refractivity contribution >= 4 is 5.97 Å². The number of nitrogens with two attached hydrogens (primary N) is 1. The highest BCUT2D eigenvalue weighted by atomic mass is 16.5. The molecule has 2 rings (SSSR count). The van der Waals surface area contributed by atoms with Crippen LogP contribution in [-0.4, -0.2) is 22.0 Å². The van der Waals surface area contributed by atoms with E-state index in [1.807, 2.05) is 30.3 Å². The summed E-state index contributed by atoms with van der Waals surface area (Å²) in [5.41, 5.74) is 7.51. The molecule has 0 fully saturated rings. The first-order valence-electron chi connectivity index (χ1n) is 5.69. The van der Waals surface area contributed by atoms with Gasteiger partial charge in [-0.1, -0.05) is 30.3 Å². The van der Waals surface area contributed by atoms with Gasteiger partial charge in [-0.25, -0.2) is 4.98 Å². The van der Waals surface area contributed by atoms with Crippen LogP contribution in [0, 0.1) is 0 Å². The van der Waals surface area contributed by atoms with E-state index in [1.165, 1.54) is 0 Å². The Morgan fingerprint density at radius 1 is 1.39 bits per heavy atom. The van der Waals surface area contributed by atoms with Crippen molar-refractivity contribution in [2.24, 2.45) is 5.73 Å². The third-order valence-electron chi connectivity index (χ3n) is 2.52. The molecule has 1 unspecified atom stereocenters. The Balaban J connectivity index is 1.81. The van der Waals surface area contributed by atoms with Crippen molar-refractivity contribution in [1.29, 1.82) is 0 Å². The molecule has 5 heteroatoms. The maximum atomic E-state index is 11.7. The Labute approximate surface area is 105 Å². The lowest BCUT2D eigenvalue weighted by Crippen LogP contribution is -2.34. The van der Waals surface area contributed by atoms with Crippen LogP contribution in [0.4, 0.5) is 0 Å². The first-order valence-corrected chi connectivity index (χ1v) is 5.69. The van der Waals surface area contributed by atoms with Crippen molar-refractivity contribution in [2.75, 3.05) is 0 Å². The third-order valence-corrected chi connectivity index (χ3v) is 2.52. The smallest absolute Gasteiger partial charge is 0.323 e. The molecule has 18 heavy (non-hydrogen) atoms. The summed E-state index contributed by atoms with van der Waals surface area (Å²) in [4.78, 5) is 18.4. The summed E-state index contributed by atoms with van der Waals surface area (Å²) < 4.78 is 5.14. The second-order valence-corrected chi connectivity index (χ2v) is 3.98. The minimum Gasteiger partial charge on any atom is -0.460 e. The van der Waals surface area contributed by atoms with Crippen molar-refractivity contribution in [1.82, 2.24) is 9.97 Å². The van der Waals surface area contributed by atoms with Gasteiger partial charge >= 0.3 is 5.97 Å². The Hall–Kier alpha value is -2.14. The first kappa shape index (κ1) is 12.3. The Morgan fingerprint density at radius 3 is 2.83 bits per heavy atom. The minimum atomic E-state index is -0.672. The summed E-state index contributed by atoms with van der Waals surface area (Å²) in [6.45, 7) is 0.246. The van der Waals surface area contributed by atoms with Crippen molar-refractivity contribution in [3.8, 4) is 0 Å². The van der Waals surface area contributed by atoms with E-state index < -0.39 is 12.0 Å². The molecule has 0 aliphatic heterocycles. The van der Waals surface area contributed by atoms with Gasteiger partial charge in [-0.3, -0.25) is 4.79 Å². The average Bonchev–Trinajstić information content (AvgIpc) is 2.90. The molecule has 0 saturated carbocycles. The van der Waals surface area contributed by atoms with Crippen LogP contribution in [-0.2, 0) is 22.6 Å². The van der Waals surface area contributed by atoms with E-state index >= 15 is 0 Å². The van der Waals surface area contributed by atoms with Gasteiger partial charge in [0.05, 0.1) is 6.33 Å². The number of carbonyl (C=O) groups excluding carboxylic acids is 1. The molecule has 0 amide bonds. The summed E-state index contributed by atoms with van der Waals surface area (Å²) in [5.74, 6) is -0.409. The van der Waals surface area contributed by atoms with E-state index in [2.05, 4.69) is 9.97 Å². The van der Waals surface area contributed by atoms with Gasteiger partial charge in [0.25, 0.3) is 0 Å². The molecule has 2 aromatic rings. The van der Waals surface area contributed by atoms with Crippen molar-refractivity contribution in [2.45, 2.75) is 19.1 Å². The molecular formula is C13H15N3O2. The van der Waals surface area contributed by atoms with Crippen LogP contribution >= 0.6 is 0 Å². The highest BCUT2D eigenvalue weighted by molar-refractivity contribution is 5.75. The Morgan fingerprint density at radius 2 is 2.17 bits per heavy atom. The molecule has 1 atom stereocenters. The van der Waals surface area contributed by atoms with E-state index in [9.17, 15) is 4.79 Å². The van der Waals surface area contributed by atoms with E-state index in [1.54, 1.807) is 12.5 Å². The van der Waals surface area contributed by atoms with E-state index in [0.29, 0.717) is 6.42 Å². The van der Waals surface area contributed by atoms with Crippen LogP contribution in [0.25, 0.3) is 0 Å². The van der Waals surface area contributed by atoms with Crippen LogP contribution in [0.2, 0.25) is 0 Å². The predicted octanol–water partition coefficient (Wildman–Crippen LogP) is 1.02. The lowest BCUT2D eigenvalue weighted by molar-refractivity contribution is -0.146. The van der Waals surface area contributed by atoms with Gasteiger partial charge in [-0.05, 0) is 5.56 Å². The first-order chi connectivity index (χ1) is 8.75. The number of rotatable bonds is 5. The second kappa shape index (κ2) is 5.97. The number of imidazole rings is 1. The maximum absolute atomic E-state index is 11.7. The van der Waals surface area contributed by atoms with Gasteiger partial charge in [0.15, 0.2) is 0 Å². The van der Waals surface area contributed by atoms with Crippen LogP contribution in [0.5, 0.6) is 0 Å². The fraction of sp³-hybridized carbons (Fsp3) is 0.231. The Kier molecular flexibility index (Phi) is 4.09. The lowest BCUT2D eigenvalue weighted by Gasteiger charge is -2.10. The monoisotopic (exact) mass is 245 g/mol. The van der Waals surface area contributed by atoms with Crippen molar-refractivity contribution < 1.29 is 9.53 Å². The third kappa shape index (κ3) is 3.43. The molecule has 0 bridgehead atoms. The van der Waals surface area contributed by atoms with Gasteiger partial charge in [-0.2, -0.15) is 0 Å².